The lowest BCUT2D eigenvalue weighted by Crippen LogP contribution is -2.43. The van der Waals surface area contributed by atoms with Crippen molar-refractivity contribution in [1.82, 2.24) is 5.32 Å². The third-order valence-corrected chi connectivity index (χ3v) is 4.58. The first-order chi connectivity index (χ1) is 10.8. The van der Waals surface area contributed by atoms with E-state index in [0.717, 1.165) is 37.0 Å². The van der Waals surface area contributed by atoms with Crippen molar-refractivity contribution in [2.24, 2.45) is 5.92 Å². The molecule has 0 saturated carbocycles. The Kier molecular flexibility index (Phi) is 5.87. The van der Waals surface area contributed by atoms with E-state index in [9.17, 15) is 9.90 Å². The summed E-state index contributed by atoms with van der Waals surface area (Å²) in [5, 5.41) is 13.6. The number of hydrogen-bond acceptors (Lipinski definition) is 4. The summed E-state index contributed by atoms with van der Waals surface area (Å²) in [5.41, 5.74) is -0.406. The molecule has 0 radical (unpaired) electrons. The minimum absolute atomic E-state index is 0.00699. The Hall–Kier alpha value is -1.33. The topological polar surface area (TPSA) is 71.7 Å². The average Bonchev–Trinajstić information content (AvgIpc) is 2.85. The standard InChI is InChI=1S/C18H29NO4/c1-5-6-15-10-14(7-8-22-15)17(20)19-11-18(4,21)16-9-12(2)23-13(16)3/h9,14-15,21H,5-8,10-11H2,1-4H3,(H,19,20). The van der Waals surface area contributed by atoms with Crippen LogP contribution in [-0.2, 0) is 15.1 Å². The Labute approximate surface area is 138 Å². The van der Waals surface area contributed by atoms with Crippen LogP contribution in [0.5, 0.6) is 0 Å². The summed E-state index contributed by atoms with van der Waals surface area (Å²) < 4.78 is 11.2. The molecule has 2 N–H and O–H groups in total. The van der Waals surface area contributed by atoms with Crippen molar-refractivity contribution in [3.8, 4) is 0 Å². The van der Waals surface area contributed by atoms with E-state index in [1.54, 1.807) is 6.92 Å². The van der Waals surface area contributed by atoms with Gasteiger partial charge in [-0.15, -0.1) is 0 Å². The number of aliphatic hydroxyl groups is 1. The summed E-state index contributed by atoms with van der Waals surface area (Å²) in [6.45, 7) is 8.32. The minimum Gasteiger partial charge on any atom is -0.466 e. The lowest BCUT2D eigenvalue weighted by atomic mass is 9.91. The highest BCUT2D eigenvalue weighted by atomic mass is 16.5. The molecule has 5 nitrogen and oxygen atoms in total. The highest BCUT2D eigenvalue weighted by molar-refractivity contribution is 5.78. The summed E-state index contributed by atoms with van der Waals surface area (Å²) >= 11 is 0. The molecule has 1 aliphatic heterocycles. The summed E-state index contributed by atoms with van der Waals surface area (Å²) in [4.78, 5) is 12.4. The van der Waals surface area contributed by atoms with Crippen LogP contribution in [0.1, 0.15) is 56.6 Å². The van der Waals surface area contributed by atoms with Gasteiger partial charge in [-0.25, -0.2) is 0 Å². The van der Waals surface area contributed by atoms with Gasteiger partial charge in [-0.2, -0.15) is 0 Å². The number of amides is 1. The lowest BCUT2D eigenvalue weighted by molar-refractivity contribution is -0.131. The zero-order valence-electron chi connectivity index (χ0n) is 14.6. The van der Waals surface area contributed by atoms with E-state index in [4.69, 9.17) is 9.15 Å². The molecular weight excluding hydrogens is 294 g/mol. The smallest absolute Gasteiger partial charge is 0.223 e. The van der Waals surface area contributed by atoms with Gasteiger partial charge in [-0.1, -0.05) is 13.3 Å². The zero-order chi connectivity index (χ0) is 17.0. The monoisotopic (exact) mass is 323 g/mol. The molecule has 0 aliphatic carbocycles. The normalized spacial score (nSPS) is 24.2. The number of aryl methyl sites for hydroxylation is 2. The molecule has 1 aliphatic rings. The van der Waals surface area contributed by atoms with Crippen molar-refractivity contribution in [2.75, 3.05) is 13.2 Å². The molecule has 5 heteroatoms. The van der Waals surface area contributed by atoms with Gasteiger partial charge in [0, 0.05) is 18.1 Å². The van der Waals surface area contributed by atoms with E-state index in [1.165, 1.54) is 0 Å². The average molecular weight is 323 g/mol. The molecule has 3 atom stereocenters. The fourth-order valence-electron chi connectivity index (χ4n) is 3.31. The maximum absolute atomic E-state index is 12.4. The van der Waals surface area contributed by atoms with Gasteiger partial charge < -0.3 is 19.6 Å². The fraction of sp³-hybridized carbons (Fsp3) is 0.722. The molecule has 0 aromatic carbocycles. The van der Waals surface area contributed by atoms with Crippen molar-refractivity contribution in [3.63, 3.8) is 0 Å². The first-order valence-corrected chi connectivity index (χ1v) is 8.52. The molecule has 1 aromatic rings. The highest BCUT2D eigenvalue weighted by Gasteiger charge is 2.31. The van der Waals surface area contributed by atoms with E-state index in [2.05, 4.69) is 12.2 Å². The van der Waals surface area contributed by atoms with Crippen LogP contribution in [0.4, 0.5) is 0 Å². The second-order valence-electron chi connectivity index (χ2n) is 6.82. The van der Waals surface area contributed by atoms with Crippen molar-refractivity contribution in [2.45, 2.75) is 65.1 Å². The van der Waals surface area contributed by atoms with Gasteiger partial charge in [0.1, 0.15) is 17.1 Å². The molecule has 1 fully saturated rings. The molecule has 2 rings (SSSR count). The van der Waals surface area contributed by atoms with Gasteiger partial charge in [0.25, 0.3) is 0 Å². The molecule has 1 aromatic heterocycles. The number of rotatable bonds is 6. The van der Waals surface area contributed by atoms with Gasteiger partial charge in [-0.3, -0.25) is 4.79 Å². The maximum Gasteiger partial charge on any atom is 0.223 e. The predicted molar refractivity (Wildman–Crippen MR) is 88.1 cm³/mol. The van der Waals surface area contributed by atoms with Crippen molar-refractivity contribution < 1.29 is 19.1 Å². The molecule has 0 bridgehead atoms. The van der Waals surface area contributed by atoms with E-state index in [0.29, 0.717) is 12.4 Å². The molecule has 23 heavy (non-hydrogen) atoms. The Morgan fingerprint density at radius 3 is 2.83 bits per heavy atom. The van der Waals surface area contributed by atoms with Crippen LogP contribution < -0.4 is 5.32 Å². The molecule has 3 unspecified atom stereocenters. The van der Waals surface area contributed by atoms with Crippen molar-refractivity contribution >= 4 is 5.91 Å². The van der Waals surface area contributed by atoms with Gasteiger partial charge in [0.15, 0.2) is 0 Å². The van der Waals surface area contributed by atoms with Gasteiger partial charge in [0.2, 0.25) is 5.91 Å². The second kappa shape index (κ2) is 7.49. The number of carbonyl (C=O) groups is 1. The summed E-state index contributed by atoms with van der Waals surface area (Å²) in [7, 11) is 0. The van der Waals surface area contributed by atoms with E-state index in [1.807, 2.05) is 19.9 Å². The third kappa shape index (κ3) is 4.58. The Bertz CT molecular complexity index is 533. The third-order valence-electron chi connectivity index (χ3n) is 4.58. The SMILES string of the molecule is CCCC1CC(C(=O)NCC(C)(O)c2cc(C)oc2C)CCO1. The molecule has 1 amide bonds. The summed E-state index contributed by atoms with van der Waals surface area (Å²) in [5.74, 6) is 1.43. The van der Waals surface area contributed by atoms with Crippen LogP contribution in [0.15, 0.2) is 10.5 Å². The molecule has 130 valence electrons. The summed E-state index contributed by atoms with van der Waals surface area (Å²) in [6, 6.07) is 1.83. The molecule has 2 heterocycles. The number of ether oxygens (including phenoxy) is 1. The van der Waals surface area contributed by atoms with Crippen LogP contribution in [0.25, 0.3) is 0 Å². The largest absolute Gasteiger partial charge is 0.466 e. The van der Waals surface area contributed by atoms with Gasteiger partial charge in [-0.05, 0) is 46.1 Å². The number of hydrogen-bond donors (Lipinski definition) is 2. The first-order valence-electron chi connectivity index (χ1n) is 8.52. The maximum atomic E-state index is 12.4. The second-order valence-corrected chi connectivity index (χ2v) is 6.82. The van der Waals surface area contributed by atoms with Crippen LogP contribution in [0, 0.1) is 19.8 Å². The van der Waals surface area contributed by atoms with Crippen LogP contribution in [0.2, 0.25) is 0 Å². The molecule has 1 saturated heterocycles. The Morgan fingerprint density at radius 2 is 2.22 bits per heavy atom. The summed E-state index contributed by atoms with van der Waals surface area (Å²) in [6.07, 6.45) is 3.76. The van der Waals surface area contributed by atoms with E-state index in [-0.39, 0.29) is 24.5 Å². The molecular formula is C18H29NO4. The zero-order valence-corrected chi connectivity index (χ0v) is 14.6. The lowest BCUT2D eigenvalue weighted by Gasteiger charge is -2.30. The predicted octanol–water partition coefficient (Wildman–Crippen LogP) is 2.82. The van der Waals surface area contributed by atoms with E-state index < -0.39 is 5.60 Å². The first kappa shape index (κ1) is 18.0. The van der Waals surface area contributed by atoms with Crippen molar-refractivity contribution in [1.29, 1.82) is 0 Å². The number of nitrogens with one attached hydrogen (secondary N) is 1. The van der Waals surface area contributed by atoms with Gasteiger partial charge in [0.05, 0.1) is 12.6 Å². The van der Waals surface area contributed by atoms with Gasteiger partial charge >= 0.3 is 0 Å². The quantitative estimate of drug-likeness (QED) is 0.844. The molecule has 0 spiro atoms. The van der Waals surface area contributed by atoms with Crippen molar-refractivity contribution in [3.05, 3.63) is 23.2 Å². The van der Waals surface area contributed by atoms with Crippen LogP contribution in [0.3, 0.4) is 0 Å². The highest BCUT2D eigenvalue weighted by Crippen LogP contribution is 2.27. The Balaban J connectivity index is 1.91. The number of carbonyl (C=O) groups excluding carboxylic acids is 1. The minimum atomic E-state index is -1.13. The van der Waals surface area contributed by atoms with Crippen LogP contribution in [-0.4, -0.2) is 30.3 Å². The fourth-order valence-corrected chi connectivity index (χ4v) is 3.31. The Morgan fingerprint density at radius 1 is 1.48 bits per heavy atom. The number of furan rings is 1. The van der Waals surface area contributed by atoms with Crippen LogP contribution >= 0.6 is 0 Å². The van der Waals surface area contributed by atoms with E-state index >= 15 is 0 Å².